The second-order valence-electron chi connectivity index (χ2n) is 6.54. The van der Waals surface area contributed by atoms with Gasteiger partial charge < -0.3 is 10.1 Å². The summed E-state index contributed by atoms with van der Waals surface area (Å²) in [4.78, 5) is 12.1. The molecule has 1 aliphatic carbocycles. The van der Waals surface area contributed by atoms with E-state index in [4.69, 9.17) is 16.3 Å². The van der Waals surface area contributed by atoms with Crippen LogP contribution in [0.1, 0.15) is 25.7 Å². The number of nitrogens with one attached hydrogen (secondary N) is 2. The van der Waals surface area contributed by atoms with E-state index in [2.05, 4.69) is 10.0 Å². The van der Waals surface area contributed by atoms with Crippen molar-refractivity contribution < 1.29 is 22.3 Å². The minimum absolute atomic E-state index is 0.00964. The van der Waals surface area contributed by atoms with Gasteiger partial charge in [0.25, 0.3) is 5.91 Å². The summed E-state index contributed by atoms with van der Waals surface area (Å²) in [5, 5.41) is 2.44. The highest BCUT2D eigenvalue weighted by atomic mass is 35.5. The average molecular weight is 427 g/mol. The second-order valence-corrected chi connectivity index (χ2v) is 8.66. The van der Waals surface area contributed by atoms with Gasteiger partial charge in [-0.25, -0.2) is 17.5 Å². The number of halogens is 2. The molecule has 28 heavy (non-hydrogen) atoms. The fourth-order valence-corrected chi connectivity index (χ4v) is 4.45. The van der Waals surface area contributed by atoms with Gasteiger partial charge in [-0.15, -0.1) is 0 Å². The van der Waals surface area contributed by atoms with Crippen molar-refractivity contribution in [2.75, 3.05) is 11.9 Å². The zero-order valence-electron chi connectivity index (χ0n) is 15.0. The third-order valence-electron chi connectivity index (χ3n) is 4.38. The Morgan fingerprint density at radius 2 is 1.82 bits per heavy atom. The van der Waals surface area contributed by atoms with E-state index in [0.29, 0.717) is 11.4 Å². The number of carbonyl (C=O) groups excluding carboxylic acids is 1. The average Bonchev–Trinajstić information content (AvgIpc) is 3.16. The lowest BCUT2D eigenvalue weighted by Crippen LogP contribution is -2.32. The highest BCUT2D eigenvalue weighted by Crippen LogP contribution is 2.22. The summed E-state index contributed by atoms with van der Waals surface area (Å²) >= 11 is 5.66. The first kappa shape index (κ1) is 20.6. The van der Waals surface area contributed by atoms with E-state index in [9.17, 15) is 17.6 Å². The summed E-state index contributed by atoms with van der Waals surface area (Å²) in [5.74, 6) is -0.678. The van der Waals surface area contributed by atoms with E-state index < -0.39 is 21.7 Å². The second kappa shape index (κ2) is 8.89. The number of rotatable bonds is 7. The van der Waals surface area contributed by atoms with Gasteiger partial charge >= 0.3 is 0 Å². The third kappa shape index (κ3) is 5.43. The van der Waals surface area contributed by atoms with E-state index in [1.807, 2.05) is 0 Å². The molecule has 0 saturated heterocycles. The Morgan fingerprint density at radius 1 is 1.14 bits per heavy atom. The maximum atomic E-state index is 13.1. The molecule has 3 rings (SSSR count). The Bertz CT molecular complexity index is 945. The quantitative estimate of drug-likeness (QED) is 0.706. The van der Waals surface area contributed by atoms with Crippen LogP contribution in [0.4, 0.5) is 10.1 Å². The molecule has 6 nitrogen and oxygen atoms in total. The van der Waals surface area contributed by atoms with Crippen LogP contribution in [0, 0.1) is 5.82 Å². The van der Waals surface area contributed by atoms with Crippen molar-refractivity contribution in [2.24, 2.45) is 0 Å². The molecule has 0 bridgehead atoms. The van der Waals surface area contributed by atoms with Crippen molar-refractivity contribution in [3.05, 3.63) is 53.3 Å². The minimum atomic E-state index is -3.57. The molecule has 2 N–H and O–H groups in total. The van der Waals surface area contributed by atoms with Crippen LogP contribution in [-0.4, -0.2) is 27.0 Å². The molecule has 1 fully saturated rings. The first-order valence-corrected chi connectivity index (χ1v) is 10.7. The SMILES string of the molecule is O=C(COc1ccc(S(=O)(=O)NC2CCCC2)cc1)Nc1ccc(F)c(Cl)c1. The molecule has 0 unspecified atom stereocenters. The van der Waals surface area contributed by atoms with Crippen LogP contribution in [0.15, 0.2) is 47.4 Å². The van der Waals surface area contributed by atoms with E-state index in [-0.39, 0.29) is 22.6 Å². The van der Waals surface area contributed by atoms with E-state index >= 15 is 0 Å². The van der Waals surface area contributed by atoms with Gasteiger partial charge in [0, 0.05) is 11.7 Å². The van der Waals surface area contributed by atoms with Gasteiger partial charge in [-0.1, -0.05) is 24.4 Å². The first-order chi connectivity index (χ1) is 13.3. The molecule has 0 spiro atoms. The predicted octanol–water partition coefficient (Wildman–Crippen LogP) is 3.72. The first-order valence-electron chi connectivity index (χ1n) is 8.83. The maximum Gasteiger partial charge on any atom is 0.262 e. The molecule has 0 atom stereocenters. The van der Waals surface area contributed by atoms with Crippen molar-refractivity contribution in [1.82, 2.24) is 4.72 Å². The summed E-state index contributed by atoms with van der Waals surface area (Å²) in [6, 6.07) is 9.68. The van der Waals surface area contributed by atoms with E-state index in [1.54, 1.807) is 0 Å². The van der Waals surface area contributed by atoms with Gasteiger partial charge in [0.05, 0.1) is 9.92 Å². The highest BCUT2D eigenvalue weighted by molar-refractivity contribution is 7.89. The molecule has 1 amide bonds. The Morgan fingerprint density at radius 3 is 2.46 bits per heavy atom. The van der Waals surface area contributed by atoms with Gasteiger partial charge in [-0.05, 0) is 55.3 Å². The molecule has 2 aromatic rings. The zero-order chi connectivity index (χ0) is 20.1. The van der Waals surface area contributed by atoms with Crippen LogP contribution in [0.2, 0.25) is 5.02 Å². The smallest absolute Gasteiger partial charge is 0.262 e. The number of hydrogen-bond donors (Lipinski definition) is 2. The molecule has 0 radical (unpaired) electrons. The molecule has 0 heterocycles. The van der Waals surface area contributed by atoms with Gasteiger partial charge in [-0.2, -0.15) is 0 Å². The molecule has 1 aliphatic rings. The van der Waals surface area contributed by atoms with Crippen molar-refractivity contribution in [1.29, 1.82) is 0 Å². The lowest BCUT2D eigenvalue weighted by Gasteiger charge is -2.13. The lowest BCUT2D eigenvalue weighted by molar-refractivity contribution is -0.118. The molecule has 0 aliphatic heterocycles. The van der Waals surface area contributed by atoms with Gasteiger partial charge in [-0.3, -0.25) is 4.79 Å². The van der Waals surface area contributed by atoms with Gasteiger partial charge in [0.2, 0.25) is 10.0 Å². The molecule has 0 aromatic heterocycles. The number of ether oxygens (including phenoxy) is 1. The van der Waals surface area contributed by atoms with Crippen LogP contribution in [-0.2, 0) is 14.8 Å². The standard InChI is InChI=1S/C19H20ClFN2O4S/c20-17-11-14(5-10-18(17)21)22-19(24)12-27-15-6-8-16(9-7-15)28(25,26)23-13-3-1-2-4-13/h5-11,13,23H,1-4,12H2,(H,22,24). The fourth-order valence-electron chi connectivity index (χ4n) is 2.97. The van der Waals surface area contributed by atoms with Crippen LogP contribution in [0.25, 0.3) is 0 Å². The highest BCUT2D eigenvalue weighted by Gasteiger charge is 2.22. The number of anilines is 1. The van der Waals surface area contributed by atoms with Crippen LogP contribution >= 0.6 is 11.6 Å². The number of hydrogen-bond acceptors (Lipinski definition) is 4. The number of amides is 1. The van der Waals surface area contributed by atoms with Crippen LogP contribution < -0.4 is 14.8 Å². The molecule has 1 saturated carbocycles. The van der Waals surface area contributed by atoms with E-state index in [0.717, 1.165) is 31.7 Å². The van der Waals surface area contributed by atoms with Gasteiger partial charge in [0.15, 0.2) is 6.61 Å². The Balaban J connectivity index is 1.53. The summed E-state index contributed by atoms with van der Waals surface area (Å²) < 4.78 is 45.9. The summed E-state index contributed by atoms with van der Waals surface area (Å²) in [5.41, 5.74) is 0.347. The zero-order valence-corrected chi connectivity index (χ0v) is 16.5. The summed E-state index contributed by atoms with van der Waals surface area (Å²) in [6.45, 7) is -0.290. The topological polar surface area (TPSA) is 84.5 Å². The Hall–Kier alpha value is -2.16. The Labute approximate surface area is 168 Å². The van der Waals surface area contributed by atoms with Gasteiger partial charge in [0.1, 0.15) is 11.6 Å². The lowest BCUT2D eigenvalue weighted by atomic mass is 10.3. The van der Waals surface area contributed by atoms with Crippen LogP contribution in [0.3, 0.4) is 0 Å². The minimum Gasteiger partial charge on any atom is -0.484 e. The summed E-state index contributed by atoms with van der Waals surface area (Å²) in [7, 11) is -3.57. The normalized spacial score (nSPS) is 14.8. The maximum absolute atomic E-state index is 13.1. The van der Waals surface area contributed by atoms with Crippen molar-refractivity contribution >= 4 is 33.2 Å². The predicted molar refractivity (Wildman–Crippen MR) is 105 cm³/mol. The monoisotopic (exact) mass is 426 g/mol. The molecular formula is C19H20ClFN2O4S. The molecular weight excluding hydrogens is 407 g/mol. The number of carbonyl (C=O) groups is 1. The Kier molecular flexibility index (Phi) is 6.53. The molecule has 2 aromatic carbocycles. The largest absolute Gasteiger partial charge is 0.484 e. The molecule has 9 heteroatoms. The number of benzene rings is 2. The third-order valence-corrected chi connectivity index (χ3v) is 6.21. The van der Waals surface area contributed by atoms with Crippen molar-refractivity contribution in [3.63, 3.8) is 0 Å². The van der Waals surface area contributed by atoms with Crippen molar-refractivity contribution in [2.45, 2.75) is 36.6 Å². The van der Waals surface area contributed by atoms with E-state index in [1.165, 1.54) is 36.4 Å². The van der Waals surface area contributed by atoms with Crippen molar-refractivity contribution in [3.8, 4) is 5.75 Å². The molecule has 150 valence electrons. The summed E-state index contributed by atoms with van der Waals surface area (Å²) in [6.07, 6.45) is 3.78. The fraction of sp³-hybridized carbons (Fsp3) is 0.316. The van der Waals surface area contributed by atoms with Crippen LogP contribution in [0.5, 0.6) is 5.75 Å². The number of sulfonamides is 1.